The smallest absolute Gasteiger partial charge is 0.216 e. The minimum Gasteiger partial charge on any atom is -0.507 e. The third kappa shape index (κ3) is 3.19. The Morgan fingerprint density at radius 2 is 2.36 bits per heavy atom. The molecular formula is C15H18N4O2S. The summed E-state index contributed by atoms with van der Waals surface area (Å²) < 4.78 is 7.56. The molecule has 1 fully saturated rings. The Bertz CT molecular complexity index is 746. The van der Waals surface area contributed by atoms with Gasteiger partial charge in [0, 0.05) is 17.5 Å². The highest BCUT2D eigenvalue weighted by Gasteiger charge is 2.29. The highest BCUT2D eigenvalue weighted by Crippen LogP contribution is 2.38. The van der Waals surface area contributed by atoms with E-state index in [2.05, 4.69) is 15.3 Å². The molecular weight excluding hydrogens is 300 g/mol. The zero-order valence-electron chi connectivity index (χ0n) is 12.3. The number of H-pyrrole nitrogens is 1. The molecule has 22 heavy (non-hydrogen) atoms. The van der Waals surface area contributed by atoms with E-state index in [-0.39, 0.29) is 5.75 Å². The third-order valence-corrected chi connectivity index (χ3v) is 3.67. The molecule has 7 heteroatoms. The van der Waals surface area contributed by atoms with Crippen LogP contribution in [0.15, 0.2) is 23.3 Å². The Morgan fingerprint density at radius 3 is 3.05 bits per heavy atom. The lowest BCUT2D eigenvalue weighted by Crippen LogP contribution is -1.98. The standard InChI is InChI=1S/C15H18N4O2S/c1-2-7-21-12-6-5-11(13(20)8-12)9-16-19-14(10-3-4-10)17-18-15(19)22/h5-6,8-10,20H,2-4,7H2,1H3,(H,18,22)/b16-9+. The van der Waals surface area contributed by atoms with Gasteiger partial charge in [0.05, 0.1) is 12.8 Å². The molecule has 3 rings (SSSR count). The molecule has 0 saturated heterocycles. The topological polar surface area (TPSA) is 75.4 Å². The van der Waals surface area contributed by atoms with E-state index in [1.807, 2.05) is 13.0 Å². The number of ether oxygens (including phenoxy) is 1. The summed E-state index contributed by atoms with van der Waals surface area (Å²) in [4.78, 5) is 0. The van der Waals surface area contributed by atoms with E-state index in [1.165, 1.54) is 0 Å². The van der Waals surface area contributed by atoms with Gasteiger partial charge in [-0.25, -0.2) is 0 Å². The maximum Gasteiger partial charge on any atom is 0.216 e. The summed E-state index contributed by atoms with van der Waals surface area (Å²) in [6.45, 7) is 2.66. The van der Waals surface area contributed by atoms with Crippen molar-refractivity contribution in [2.24, 2.45) is 5.10 Å². The lowest BCUT2D eigenvalue weighted by Gasteiger charge is -2.06. The highest BCUT2D eigenvalue weighted by molar-refractivity contribution is 7.71. The largest absolute Gasteiger partial charge is 0.507 e. The highest BCUT2D eigenvalue weighted by atomic mass is 32.1. The maximum absolute atomic E-state index is 10.0. The number of phenols is 1. The van der Waals surface area contributed by atoms with Gasteiger partial charge < -0.3 is 9.84 Å². The van der Waals surface area contributed by atoms with Gasteiger partial charge in [0.2, 0.25) is 4.77 Å². The van der Waals surface area contributed by atoms with Crippen LogP contribution in [0.4, 0.5) is 0 Å². The molecule has 1 aliphatic rings. The van der Waals surface area contributed by atoms with Gasteiger partial charge >= 0.3 is 0 Å². The van der Waals surface area contributed by atoms with E-state index >= 15 is 0 Å². The van der Waals surface area contributed by atoms with Gasteiger partial charge in [-0.1, -0.05) is 6.92 Å². The average Bonchev–Trinajstić information content (AvgIpc) is 3.28. The number of benzene rings is 1. The average molecular weight is 318 g/mol. The Morgan fingerprint density at radius 1 is 1.55 bits per heavy atom. The Labute approximate surface area is 133 Å². The number of aromatic nitrogens is 3. The number of nitrogens with zero attached hydrogens (tertiary/aromatic N) is 3. The van der Waals surface area contributed by atoms with Gasteiger partial charge in [0.25, 0.3) is 0 Å². The molecule has 0 spiro atoms. The molecule has 0 aliphatic heterocycles. The first-order valence-electron chi connectivity index (χ1n) is 7.36. The molecule has 0 amide bonds. The second-order valence-corrected chi connectivity index (χ2v) is 5.67. The predicted molar refractivity (Wildman–Crippen MR) is 86.3 cm³/mol. The van der Waals surface area contributed by atoms with Gasteiger partial charge in [0.1, 0.15) is 11.5 Å². The quantitative estimate of drug-likeness (QED) is 0.633. The van der Waals surface area contributed by atoms with Crippen molar-refractivity contribution < 1.29 is 9.84 Å². The number of nitrogens with one attached hydrogen (secondary N) is 1. The van der Waals surface area contributed by atoms with Crippen LogP contribution in [-0.2, 0) is 0 Å². The Hall–Kier alpha value is -2.15. The minimum absolute atomic E-state index is 0.125. The van der Waals surface area contributed by atoms with Crippen molar-refractivity contribution in [1.82, 2.24) is 14.9 Å². The van der Waals surface area contributed by atoms with Crippen LogP contribution >= 0.6 is 12.2 Å². The summed E-state index contributed by atoms with van der Waals surface area (Å²) in [5.74, 6) is 2.06. The normalized spacial score (nSPS) is 14.6. The molecule has 1 heterocycles. The summed E-state index contributed by atoms with van der Waals surface area (Å²) in [7, 11) is 0. The van der Waals surface area contributed by atoms with Crippen LogP contribution in [0, 0.1) is 4.77 Å². The summed E-state index contributed by atoms with van der Waals surface area (Å²) >= 11 is 5.19. The molecule has 0 radical (unpaired) electrons. The van der Waals surface area contributed by atoms with Gasteiger partial charge in [-0.15, -0.1) is 0 Å². The van der Waals surface area contributed by atoms with Crippen molar-refractivity contribution in [3.8, 4) is 11.5 Å². The number of rotatable bonds is 6. The molecule has 0 bridgehead atoms. The van der Waals surface area contributed by atoms with Crippen LogP contribution in [0.5, 0.6) is 11.5 Å². The third-order valence-electron chi connectivity index (χ3n) is 3.41. The van der Waals surface area contributed by atoms with Crippen LogP contribution in [-0.4, -0.2) is 32.8 Å². The van der Waals surface area contributed by atoms with Crippen molar-refractivity contribution >= 4 is 18.4 Å². The van der Waals surface area contributed by atoms with Crippen LogP contribution in [0.25, 0.3) is 0 Å². The summed E-state index contributed by atoms with van der Waals surface area (Å²) in [5.41, 5.74) is 0.605. The Balaban J connectivity index is 1.81. The van der Waals surface area contributed by atoms with E-state index in [0.717, 1.165) is 25.1 Å². The van der Waals surface area contributed by atoms with E-state index in [0.29, 0.717) is 28.6 Å². The van der Waals surface area contributed by atoms with Crippen molar-refractivity contribution in [3.05, 3.63) is 34.4 Å². The van der Waals surface area contributed by atoms with E-state index < -0.39 is 0 Å². The molecule has 116 valence electrons. The number of aromatic hydroxyl groups is 1. The second kappa shape index (κ2) is 6.31. The van der Waals surface area contributed by atoms with Gasteiger partial charge in [-0.05, 0) is 43.6 Å². The zero-order valence-corrected chi connectivity index (χ0v) is 13.1. The van der Waals surface area contributed by atoms with Crippen molar-refractivity contribution in [2.75, 3.05) is 6.61 Å². The molecule has 1 saturated carbocycles. The Kier molecular flexibility index (Phi) is 4.24. The van der Waals surface area contributed by atoms with E-state index in [1.54, 1.807) is 23.0 Å². The monoisotopic (exact) mass is 318 g/mol. The number of aromatic amines is 1. The second-order valence-electron chi connectivity index (χ2n) is 5.29. The predicted octanol–water partition coefficient (Wildman–Crippen LogP) is 3.19. The molecule has 2 aromatic rings. The number of hydrogen-bond donors (Lipinski definition) is 2. The molecule has 2 N–H and O–H groups in total. The van der Waals surface area contributed by atoms with Crippen molar-refractivity contribution in [1.29, 1.82) is 0 Å². The van der Waals surface area contributed by atoms with Crippen LogP contribution < -0.4 is 4.74 Å². The molecule has 1 aromatic heterocycles. The fourth-order valence-corrected chi connectivity index (χ4v) is 2.27. The molecule has 0 atom stereocenters. The van der Waals surface area contributed by atoms with Gasteiger partial charge in [-0.2, -0.15) is 14.9 Å². The first-order chi connectivity index (χ1) is 10.7. The summed E-state index contributed by atoms with van der Waals surface area (Å²) in [5, 5.41) is 21.4. The van der Waals surface area contributed by atoms with Crippen LogP contribution in [0.3, 0.4) is 0 Å². The first-order valence-corrected chi connectivity index (χ1v) is 7.77. The van der Waals surface area contributed by atoms with Crippen LogP contribution in [0.2, 0.25) is 0 Å². The number of phenolic OH excluding ortho intramolecular Hbond substituents is 1. The summed E-state index contributed by atoms with van der Waals surface area (Å²) in [6, 6.07) is 5.17. The SMILES string of the molecule is CCCOc1ccc(/C=N/n2c(C3CC3)n[nH]c2=S)c(O)c1. The van der Waals surface area contributed by atoms with Gasteiger partial charge in [-0.3, -0.25) is 5.10 Å². The van der Waals surface area contributed by atoms with Gasteiger partial charge in [0.15, 0.2) is 5.82 Å². The minimum atomic E-state index is 0.125. The fourth-order valence-electron chi connectivity index (χ4n) is 2.08. The summed E-state index contributed by atoms with van der Waals surface area (Å²) in [6.07, 6.45) is 4.73. The molecule has 1 aliphatic carbocycles. The van der Waals surface area contributed by atoms with E-state index in [9.17, 15) is 5.11 Å². The maximum atomic E-state index is 10.0. The fraction of sp³-hybridized carbons (Fsp3) is 0.400. The molecule has 1 aromatic carbocycles. The van der Waals surface area contributed by atoms with Crippen molar-refractivity contribution in [2.45, 2.75) is 32.1 Å². The van der Waals surface area contributed by atoms with Crippen molar-refractivity contribution in [3.63, 3.8) is 0 Å². The molecule has 6 nitrogen and oxygen atoms in total. The zero-order chi connectivity index (χ0) is 15.5. The molecule has 0 unspecified atom stereocenters. The first kappa shape index (κ1) is 14.8. The van der Waals surface area contributed by atoms with E-state index in [4.69, 9.17) is 17.0 Å². The number of hydrogen-bond acceptors (Lipinski definition) is 5. The van der Waals surface area contributed by atoms with Crippen LogP contribution in [0.1, 0.15) is 43.5 Å². The lowest BCUT2D eigenvalue weighted by molar-refractivity contribution is 0.315. The lowest BCUT2D eigenvalue weighted by atomic mass is 10.2.